The van der Waals surface area contributed by atoms with E-state index in [1.54, 1.807) is 0 Å². The quantitative estimate of drug-likeness (QED) is 0.642. The lowest BCUT2D eigenvalue weighted by molar-refractivity contribution is -0.142. The number of hydrogen-bond donors (Lipinski definition) is 3. The molecule has 1 fully saturated rings. The van der Waals surface area contributed by atoms with E-state index in [1.165, 1.54) is 0 Å². The number of carboxylic acids is 1. The Hall–Kier alpha value is -1.10. The SMILES string of the molecule is CCCC[C@H](NC(=O)C1NCCC1C)C(=O)O. The molecule has 3 atom stereocenters. The maximum atomic E-state index is 11.9. The molecule has 0 spiro atoms. The van der Waals surface area contributed by atoms with E-state index in [0.29, 0.717) is 6.42 Å². The van der Waals surface area contributed by atoms with Crippen LogP contribution in [0.5, 0.6) is 0 Å². The highest BCUT2D eigenvalue weighted by atomic mass is 16.4. The number of aliphatic carboxylic acids is 1. The minimum Gasteiger partial charge on any atom is -0.480 e. The molecule has 1 amide bonds. The third-order valence-electron chi connectivity index (χ3n) is 3.28. The van der Waals surface area contributed by atoms with Gasteiger partial charge in [0.1, 0.15) is 6.04 Å². The van der Waals surface area contributed by atoms with E-state index in [4.69, 9.17) is 5.11 Å². The van der Waals surface area contributed by atoms with Gasteiger partial charge < -0.3 is 15.7 Å². The van der Waals surface area contributed by atoms with Crippen molar-refractivity contribution in [3.63, 3.8) is 0 Å². The van der Waals surface area contributed by atoms with Crippen LogP contribution < -0.4 is 10.6 Å². The van der Waals surface area contributed by atoms with E-state index in [9.17, 15) is 9.59 Å². The van der Waals surface area contributed by atoms with Gasteiger partial charge in [-0.1, -0.05) is 26.7 Å². The van der Waals surface area contributed by atoms with Gasteiger partial charge in [0.25, 0.3) is 0 Å². The number of carbonyl (C=O) groups excluding carboxylic acids is 1. The molecule has 0 aromatic rings. The summed E-state index contributed by atoms with van der Waals surface area (Å²) in [6, 6.07) is -0.990. The number of unbranched alkanes of at least 4 members (excludes halogenated alkanes) is 1. The Bertz CT molecular complexity index is 281. The van der Waals surface area contributed by atoms with Gasteiger partial charge in [0.15, 0.2) is 0 Å². The summed E-state index contributed by atoms with van der Waals surface area (Å²) in [6.45, 7) is 4.83. The second-order valence-corrected chi connectivity index (χ2v) is 4.74. The molecule has 2 unspecified atom stereocenters. The molecule has 0 saturated carbocycles. The Morgan fingerprint density at radius 3 is 2.71 bits per heavy atom. The Kier molecular flexibility index (Phi) is 5.41. The lowest BCUT2D eigenvalue weighted by Gasteiger charge is -2.19. The zero-order valence-electron chi connectivity index (χ0n) is 10.5. The molecule has 98 valence electrons. The minimum atomic E-state index is -0.947. The van der Waals surface area contributed by atoms with Crippen LogP contribution in [0.3, 0.4) is 0 Å². The summed E-state index contributed by atoms with van der Waals surface area (Å²) in [7, 11) is 0. The molecule has 0 radical (unpaired) electrons. The van der Waals surface area contributed by atoms with Crippen LogP contribution in [-0.4, -0.2) is 35.6 Å². The number of carboxylic acid groups (broad SMARTS) is 1. The molecule has 1 aliphatic heterocycles. The van der Waals surface area contributed by atoms with Crippen molar-refractivity contribution in [1.82, 2.24) is 10.6 Å². The van der Waals surface area contributed by atoms with Gasteiger partial charge in [-0.15, -0.1) is 0 Å². The van der Waals surface area contributed by atoms with Crippen molar-refractivity contribution in [2.24, 2.45) is 5.92 Å². The van der Waals surface area contributed by atoms with Crippen molar-refractivity contribution in [3.8, 4) is 0 Å². The number of nitrogens with one attached hydrogen (secondary N) is 2. The van der Waals surface area contributed by atoms with Crippen molar-refractivity contribution < 1.29 is 14.7 Å². The minimum absolute atomic E-state index is 0.182. The van der Waals surface area contributed by atoms with Crippen LogP contribution in [-0.2, 0) is 9.59 Å². The first-order chi connectivity index (χ1) is 8.06. The molecule has 5 heteroatoms. The highest BCUT2D eigenvalue weighted by molar-refractivity contribution is 5.87. The zero-order valence-corrected chi connectivity index (χ0v) is 10.5. The maximum Gasteiger partial charge on any atom is 0.326 e. The lowest BCUT2D eigenvalue weighted by Crippen LogP contribution is -2.49. The van der Waals surface area contributed by atoms with E-state index >= 15 is 0 Å². The van der Waals surface area contributed by atoms with Crippen LogP contribution in [0.25, 0.3) is 0 Å². The van der Waals surface area contributed by atoms with Crippen LogP contribution in [0.15, 0.2) is 0 Å². The fourth-order valence-corrected chi connectivity index (χ4v) is 2.11. The van der Waals surface area contributed by atoms with Gasteiger partial charge in [-0.25, -0.2) is 4.79 Å². The van der Waals surface area contributed by atoms with Gasteiger partial charge in [-0.3, -0.25) is 4.79 Å². The Labute approximate surface area is 102 Å². The fourth-order valence-electron chi connectivity index (χ4n) is 2.11. The molecule has 1 rings (SSSR count). The molecule has 0 aliphatic carbocycles. The molecule has 0 aromatic carbocycles. The normalized spacial score (nSPS) is 25.5. The molecule has 5 nitrogen and oxygen atoms in total. The average molecular weight is 242 g/mol. The van der Waals surface area contributed by atoms with E-state index < -0.39 is 12.0 Å². The highest BCUT2D eigenvalue weighted by Crippen LogP contribution is 2.14. The van der Waals surface area contributed by atoms with Gasteiger partial charge in [-0.05, 0) is 25.3 Å². The molecule has 1 saturated heterocycles. The molecular weight excluding hydrogens is 220 g/mol. The molecule has 0 bridgehead atoms. The smallest absolute Gasteiger partial charge is 0.326 e. The molecule has 17 heavy (non-hydrogen) atoms. The summed E-state index contributed by atoms with van der Waals surface area (Å²) < 4.78 is 0. The summed E-state index contributed by atoms with van der Waals surface area (Å²) in [5.41, 5.74) is 0. The molecule has 1 aliphatic rings. The van der Waals surface area contributed by atoms with E-state index in [-0.39, 0.29) is 17.9 Å². The summed E-state index contributed by atoms with van der Waals surface area (Å²) in [5.74, 6) is -0.855. The van der Waals surface area contributed by atoms with Crippen LogP contribution in [0.2, 0.25) is 0 Å². The van der Waals surface area contributed by atoms with Gasteiger partial charge in [-0.2, -0.15) is 0 Å². The van der Waals surface area contributed by atoms with Crippen LogP contribution in [0.4, 0.5) is 0 Å². The lowest BCUT2D eigenvalue weighted by atomic mass is 10.0. The highest BCUT2D eigenvalue weighted by Gasteiger charge is 2.31. The first kappa shape index (κ1) is 14.0. The molecular formula is C12H22N2O3. The second-order valence-electron chi connectivity index (χ2n) is 4.74. The molecule has 1 heterocycles. The number of rotatable bonds is 6. The second kappa shape index (κ2) is 6.59. The first-order valence-corrected chi connectivity index (χ1v) is 6.32. The van der Waals surface area contributed by atoms with E-state index in [2.05, 4.69) is 10.6 Å². The van der Waals surface area contributed by atoms with Gasteiger partial charge >= 0.3 is 5.97 Å². The summed E-state index contributed by atoms with van der Waals surface area (Å²) in [6.07, 6.45) is 3.20. The topological polar surface area (TPSA) is 78.4 Å². The zero-order chi connectivity index (χ0) is 12.8. The Balaban J connectivity index is 2.48. The van der Waals surface area contributed by atoms with Crippen LogP contribution in [0.1, 0.15) is 39.5 Å². The van der Waals surface area contributed by atoms with E-state index in [0.717, 1.165) is 25.8 Å². The van der Waals surface area contributed by atoms with Crippen LogP contribution >= 0.6 is 0 Å². The van der Waals surface area contributed by atoms with Crippen molar-refractivity contribution in [2.75, 3.05) is 6.54 Å². The Morgan fingerprint density at radius 2 is 2.24 bits per heavy atom. The Morgan fingerprint density at radius 1 is 1.53 bits per heavy atom. The number of hydrogen-bond acceptors (Lipinski definition) is 3. The largest absolute Gasteiger partial charge is 0.480 e. The predicted molar refractivity (Wildman–Crippen MR) is 64.7 cm³/mol. The first-order valence-electron chi connectivity index (χ1n) is 6.32. The van der Waals surface area contributed by atoms with Gasteiger partial charge in [0.05, 0.1) is 6.04 Å². The van der Waals surface area contributed by atoms with Crippen molar-refractivity contribution in [2.45, 2.75) is 51.6 Å². The standard InChI is InChI=1S/C12H22N2O3/c1-3-4-5-9(12(16)17)14-11(15)10-8(2)6-7-13-10/h8-10,13H,3-7H2,1-2H3,(H,14,15)(H,16,17)/t8?,9-,10?/m0/s1. The van der Waals surface area contributed by atoms with Gasteiger partial charge in [0.2, 0.25) is 5.91 Å². The third kappa shape index (κ3) is 4.00. The fraction of sp³-hybridized carbons (Fsp3) is 0.833. The molecule has 0 aromatic heterocycles. The summed E-state index contributed by atoms with van der Waals surface area (Å²) in [5, 5.41) is 14.7. The predicted octanol–water partition coefficient (Wildman–Crippen LogP) is 0.744. The third-order valence-corrected chi connectivity index (χ3v) is 3.28. The maximum absolute atomic E-state index is 11.9. The van der Waals surface area contributed by atoms with Crippen molar-refractivity contribution >= 4 is 11.9 Å². The molecule has 3 N–H and O–H groups in total. The van der Waals surface area contributed by atoms with Gasteiger partial charge in [0, 0.05) is 0 Å². The summed E-state index contributed by atoms with van der Waals surface area (Å²) >= 11 is 0. The average Bonchev–Trinajstić information content (AvgIpc) is 2.70. The van der Waals surface area contributed by atoms with E-state index in [1.807, 2.05) is 13.8 Å². The number of amides is 1. The van der Waals surface area contributed by atoms with Crippen molar-refractivity contribution in [1.29, 1.82) is 0 Å². The number of carbonyl (C=O) groups is 2. The summed E-state index contributed by atoms with van der Waals surface area (Å²) in [4.78, 5) is 22.9. The van der Waals surface area contributed by atoms with Crippen LogP contribution in [0, 0.1) is 5.92 Å². The monoisotopic (exact) mass is 242 g/mol. The van der Waals surface area contributed by atoms with Crippen molar-refractivity contribution in [3.05, 3.63) is 0 Å².